The Morgan fingerprint density at radius 1 is 1.32 bits per heavy atom. The van der Waals surface area contributed by atoms with Gasteiger partial charge in [-0.25, -0.2) is 13.2 Å². The zero-order valence-corrected chi connectivity index (χ0v) is 13.6. The number of carboxylic acids is 1. The maximum absolute atomic E-state index is 10.5. The molecule has 1 rings (SSSR count). The summed E-state index contributed by atoms with van der Waals surface area (Å²) >= 11 is 0. The first-order chi connectivity index (χ1) is 8.18. The van der Waals surface area contributed by atoms with Crippen LogP contribution in [0.1, 0.15) is 12.5 Å². The molecule has 0 aromatic heterocycles. The van der Waals surface area contributed by atoms with Crippen molar-refractivity contribution in [2.45, 2.75) is 11.8 Å². The summed E-state index contributed by atoms with van der Waals surface area (Å²) in [7, 11) is -4.31. The summed E-state index contributed by atoms with van der Waals surface area (Å²) < 4.78 is 31.4. The molecule has 7 heteroatoms. The van der Waals surface area contributed by atoms with Gasteiger partial charge in [-0.1, -0.05) is 31.4 Å². The van der Waals surface area contributed by atoms with E-state index >= 15 is 0 Å². The normalized spacial score (nSPS) is 9.37. The van der Waals surface area contributed by atoms with Crippen LogP contribution in [0.2, 0.25) is 0 Å². The Balaban J connectivity index is 0. The SMILES string of the molecule is C=C(C)C(=O)O.C=Cc1ccc(S(=O)(=O)[O-])cc1.[Na+]. The zero-order valence-electron chi connectivity index (χ0n) is 10.8. The largest absolute Gasteiger partial charge is 1.00 e. The van der Waals surface area contributed by atoms with Crippen molar-refractivity contribution in [2.24, 2.45) is 0 Å². The molecule has 0 aliphatic carbocycles. The summed E-state index contributed by atoms with van der Waals surface area (Å²) in [6, 6.07) is 5.58. The molecule has 0 saturated heterocycles. The molecule has 0 aliphatic rings. The van der Waals surface area contributed by atoms with Crippen molar-refractivity contribution >= 4 is 22.2 Å². The van der Waals surface area contributed by atoms with Crippen LogP contribution in [0.15, 0.2) is 47.9 Å². The molecule has 0 fully saturated rings. The van der Waals surface area contributed by atoms with Gasteiger partial charge < -0.3 is 9.66 Å². The molecule has 0 saturated carbocycles. The Morgan fingerprint density at radius 3 is 1.89 bits per heavy atom. The molecule has 5 nitrogen and oxygen atoms in total. The molecule has 0 heterocycles. The topological polar surface area (TPSA) is 94.5 Å². The van der Waals surface area contributed by atoms with E-state index in [9.17, 15) is 17.8 Å². The van der Waals surface area contributed by atoms with Gasteiger partial charge in [0.2, 0.25) is 0 Å². The van der Waals surface area contributed by atoms with E-state index in [-0.39, 0.29) is 40.0 Å². The van der Waals surface area contributed by atoms with Gasteiger partial charge in [-0.2, -0.15) is 0 Å². The predicted molar refractivity (Wildman–Crippen MR) is 66.9 cm³/mol. The molecule has 0 unspecified atom stereocenters. The van der Waals surface area contributed by atoms with Gasteiger partial charge in [0.25, 0.3) is 0 Å². The summed E-state index contributed by atoms with van der Waals surface area (Å²) in [5, 5.41) is 7.89. The standard InChI is InChI=1S/C8H8O3S.C4H6O2.Na/c1-2-7-3-5-8(6-4-7)12(9,10)11;1-3(2)4(5)6;/h2-6H,1H2,(H,9,10,11);1H2,2H3,(H,5,6);/q;;+1/p-1. The van der Waals surface area contributed by atoms with Gasteiger partial charge in [0.15, 0.2) is 0 Å². The molecular formula is C12H13NaO5S. The van der Waals surface area contributed by atoms with Crippen LogP contribution in [0.3, 0.4) is 0 Å². The van der Waals surface area contributed by atoms with Crippen molar-refractivity contribution in [3.8, 4) is 0 Å². The molecule has 0 spiro atoms. The second kappa shape index (κ2) is 9.06. The van der Waals surface area contributed by atoms with Gasteiger partial charge in [0.05, 0.1) is 4.90 Å². The maximum Gasteiger partial charge on any atom is 1.00 e. The van der Waals surface area contributed by atoms with Crippen LogP contribution in [0, 0.1) is 0 Å². The molecule has 1 aromatic rings. The minimum Gasteiger partial charge on any atom is -0.744 e. The van der Waals surface area contributed by atoms with E-state index in [0.717, 1.165) is 5.56 Å². The number of aliphatic carboxylic acids is 1. The Morgan fingerprint density at radius 2 is 1.68 bits per heavy atom. The first kappa shape index (κ1) is 20.4. The maximum atomic E-state index is 10.5. The fourth-order valence-corrected chi connectivity index (χ4v) is 1.24. The molecule has 0 aliphatic heterocycles. The van der Waals surface area contributed by atoms with E-state index in [1.165, 1.54) is 31.2 Å². The van der Waals surface area contributed by atoms with Crippen molar-refractivity contribution in [2.75, 3.05) is 0 Å². The Bertz CT molecular complexity index is 534. The summed E-state index contributed by atoms with van der Waals surface area (Å²) in [4.78, 5) is 9.38. The second-order valence-corrected chi connectivity index (χ2v) is 4.69. The fourth-order valence-electron chi connectivity index (χ4n) is 0.771. The van der Waals surface area contributed by atoms with Crippen LogP contribution < -0.4 is 29.6 Å². The van der Waals surface area contributed by atoms with E-state index < -0.39 is 16.1 Å². The van der Waals surface area contributed by atoms with Crippen LogP contribution in [0.4, 0.5) is 0 Å². The van der Waals surface area contributed by atoms with Gasteiger partial charge in [-0.05, 0) is 24.6 Å². The van der Waals surface area contributed by atoms with E-state index in [4.69, 9.17) is 5.11 Å². The Labute approximate surface area is 134 Å². The molecular weight excluding hydrogens is 279 g/mol. The Hall–Kier alpha value is -0.920. The van der Waals surface area contributed by atoms with Crippen molar-refractivity contribution in [1.29, 1.82) is 0 Å². The van der Waals surface area contributed by atoms with Crippen molar-refractivity contribution < 1.29 is 52.4 Å². The average molecular weight is 292 g/mol. The monoisotopic (exact) mass is 292 g/mol. The van der Waals surface area contributed by atoms with E-state index in [1.807, 2.05) is 0 Å². The van der Waals surface area contributed by atoms with E-state index in [2.05, 4.69) is 13.2 Å². The minimum absolute atomic E-state index is 0. The minimum atomic E-state index is -4.31. The summed E-state index contributed by atoms with van der Waals surface area (Å²) in [5.41, 5.74) is 0.956. The molecule has 19 heavy (non-hydrogen) atoms. The molecule has 0 amide bonds. The quantitative estimate of drug-likeness (QED) is 0.433. The molecule has 0 bridgehead atoms. The van der Waals surface area contributed by atoms with Gasteiger partial charge in [-0.3, -0.25) is 0 Å². The second-order valence-electron chi connectivity index (χ2n) is 3.31. The third-order valence-corrected chi connectivity index (χ3v) is 2.62. The van der Waals surface area contributed by atoms with Crippen molar-refractivity contribution in [1.82, 2.24) is 0 Å². The van der Waals surface area contributed by atoms with Crippen LogP contribution in [0.5, 0.6) is 0 Å². The smallest absolute Gasteiger partial charge is 0.744 e. The first-order valence-corrected chi connectivity index (χ1v) is 6.16. The summed E-state index contributed by atoms with van der Waals surface area (Å²) in [6.07, 6.45) is 1.57. The van der Waals surface area contributed by atoms with Gasteiger partial charge in [-0.15, -0.1) is 0 Å². The van der Waals surface area contributed by atoms with Crippen LogP contribution in [-0.2, 0) is 14.9 Å². The number of hydrogen-bond acceptors (Lipinski definition) is 4. The molecule has 1 N–H and O–H groups in total. The number of carboxylic acid groups (broad SMARTS) is 1. The summed E-state index contributed by atoms with van der Waals surface area (Å²) in [6.45, 7) is 8.10. The fraction of sp³-hybridized carbons (Fsp3) is 0.0833. The summed E-state index contributed by atoms with van der Waals surface area (Å²) in [5.74, 6) is -0.935. The third-order valence-electron chi connectivity index (χ3n) is 1.77. The average Bonchev–Trinajstić information content (AvgIpc) is 2.28. The van der Waals surface area contributed by atoms with Crippen molar-refractivity contribution in [3.05, 3.63) is 48.6 Å². The first-order valence-electron chi connectivity index (χ1n) is 4.75. The third kappa shape index (κ3) is 8.74. The van der Waals surface area contributed by atoms with E-state index in [0.29, 0.717) is 0 Å². The number of carbonyl (C=O) groups is 1. The van der Waals surface area contributed by atoms with E-state index in [1.54, 1.807) is 6.08 Å². The van der Waals surface area contributed by atoms with Crippen molar-refractivity contribution in [3.63, 3.8) is 0 Å². The van der Waals surface area contributed by atoms with Gasteiger partial charge in [0.1, 0.15) is 10.1 Å². The number of rotatable bonds is 3. The van der Waals surface area contributed by atoms with Gasteiger partial charge in [0, 0.05) is 5.57 Å². The molecule has 0 atom stereocenters. The van der Waals surface area contributed by atoms with Crippen LogP contribution >= 0.6 is 0 Å². The molecule has 0 radical (unpaired) electrons. The van der Waals surface area contributed by atoms with Crippen LogP contribution in [-0.4, -0.2) is 24.0 Å². The molecule has 98 valence electrons. The zero-order chi connectivity index (χ0) is 14.3. The number of hydrogen-bond donors (Lipinski definition) is 1. The van der Waals surface area contributed by atoms with Crippen LogP contribution in [0.25, 0.3) is 6.08 Å². The molecule has 1 aromatic carbocycles. The van der Waals surface area contributed by atoms with Gasteiger partial charge >= 0.3 is 35.5 Å². The predicted octanol–water partition coefficient (Wildman–Crippen LogP) is -1.12. The number of benzene rings is 1. The Kier molecular flexibility index (Phi) is 9.73.